The molecule has 1 N–H and O–H groups in total. The van der Waals surface area contributed by atoms with Crippen LogP contribution in [0.2, 0.25) is 5.02 Å². The largest absolute Gasteiger partial charge is 0.444 e. The summed E-state index contributed by atoms with van der Waals surface area (Å²) in [6.07, 6.45) is -0.559. The number of halogens is 1. The molecule has 0 atom stereocenters. The van der Waals surface area contributed by atoms with Crippen LogP contribution in [0.15, 0.2) is 24.3 Å². The Bertz CT molecular complexity index is 543. The minimum Gasteiger partial charge on any atom is -0.444 e. The molecule has 0 aliphatic rings. The summed E-state index contributed by atoms with van der Waals surface area (Å²) in [5, 5.41) is 3.21. The number of hydrogen-bond acceptors (Lipinski definition) is 4. The van der Waals surface area contributed by atoms with Crippen LogP contribution in [0.5, 0.6) is 0 Å². The average Bonchev–Trinajstić information content (AvgIpc) is 2.41. The lowest BCUT2D eigenvalue weighted by Gasteiger charge is -2.26. The Morgan fingerprint density at radius 2 is 2.00 bits per heavy atom. The third-order valence-corrected chi connectivity index (χ3v) is 2.89. The molecule has 0 saturated heterocycles. The molecule has 0 radical (unpaired) electrons. The number of carbonyl (C=O) groups excluding carboxylic acids is 2. The summed E-state index contributed by atoms with van der Waals surface area (Å²) in [7, 11) is 1.53. The van der Waals surface area contributed by atoms with Crippen LogP contribution in [-0.2, 0) is 14.3 Å². The number of anilines is 1. The fourth-order valence-corrected chi connectivity index (χ4v) is 1.89. The Morgan fingerprint density at radius 1 is 1.30 bits per heavy atom. The molecule has 0 aromatic heterocycles. The van der Waals surface area contributed by atoms with E-state index in [1.165, 1.54) is 12.0 Å². The average molecular weight is 343 g/mol. The summed E-state index contributed by atoms with van der Waals surface area (Å²) in [6.45, 7) is 5.74. The number of nitrogens with zero attached hydrogens (tertiary/aromatic N) is 1. The van der Waals surface area contributed by atoms with Crippen LogP contribution in [-0.4, -0.2) is 49.3 Å². The molecule has 1 rings (SSSR count). The van der Waals surface area contributed by atoms with Gasteiger partial charge in [-0.15, -0.1) is 0 Å². The van der Waals surface area contributed by atoms with Crippen molar-refractivity contribution in [2.24, 2.45) is 0 Å². The van der Waals surface area contributed by atoms with E-state index in [4.69, 9.17) is 21.1 Å². The predicted molar refractivity (Wildman–Crippen MR) is 89.8 cm³/mol. The van der Waals surface area contributed by atoms with Crippen LogP contribution < -0.4 is 5.32 Å². The third-order valence-electron chi connectivity index (χ3n) is 2.66. The van der Waals surface area contributed by atoms with Gasteiger partial charge in [0, 0.05) is 24.4 Å². The van der Waals surface area contributed by atoms with E-state index in [0.717, 1.165) is 0 Å². The fourth-order valence-electron chi connectivity index (χ4n) is 1.70. The van der Waals surface area contributed by atoms with Crippen molar-refractivity contribution < 1.29 is 19.1 Å². The van der Waals surface area contributed by atoms with E-state index in [2.05, 4.69) is 5.32 Å². The van der Waals surface area contributed by atoms with E-state index < -0.39 is 11.7 Å². The lowest BCUT2D eigenvalue weighted by Crippen LogP contribution is -2.42. The van der Waals surface area contributed by atoms with Gasteiger partial charge in [-0.3, -0.25) is 9.69 Å². The van der Waals surface area contributed by atoms with E-state index in [1.807, 2.05) is 0 Å². The van der Waals surface area contributed by atoms with Crippen LogP contribution in [0.3, 0.4) is 0 Å². The number of amides is 2. The molecular weight excluding hydrogens is 320 g/mol. The standard InChI is InChI=1S/C16H23ClN2O4/c1-16(2,3)23-15(21)19(8-9-22-4)11-14(20)18-13-7-5-6-12(17)10-13/h5-7,10H,8-9,11H2,1-4H3,(H,18,20). The molecule has 0 spiro atoms. The van der Waals surface area contributed by atoms with Gasteiger partial charge in [-0.25, -0.2) is 4.79 Å². The number of rotatable bonds is 6. The first kappa shape index (κ1) is 19.3. The van der Waals surface area contributed by atoms with Gasteiger partial charge in [0.1, 0.15) is 12.1 Å². The predicted octanol–water partition coefficient (Wildman–Crippen LogP) is 3.16. The van der Waals surface area contributed by atoms with Crippen molar-refractivity contribution in [2.45, 2.75) is 26.4 Å². The number of methoxy groups -OCH3 is 1. The molecule has 0 saturated carbocycles. The highest BCUT2D eigenvalue weighted by molar-refractivity contribution is 6.30. The van der Waals surface area contributed by atoms with Crippen LogP contribution >= 0.6 is 11.6 Å². The number of hydrogen-bond donors (Lipinski definition) is 1. The molecule has 128 valence electrons. The number of benzene rings is 1. The highest BCUT2D eigenvalue weighted by Crippen LogP contribution is 2.15. The summed E-state index contributed by atoms with van der Waals surface area (Å²) in [5.74, 6) is -0.339. The molecule has 2 amide bonds. The summed E-state index contributed by atoms with van der Waals surface area (Å²) in [4.78, 5) is 25.6. The van der Waals surface area contributed by atoms with Gasteiger partial charge in [0.2, 0.25) is 5.91 Å². The zero-order chi connectivity index (χ0) is 17.5. The van der Waals surface area contributed by atoms with Gasteiger partial charge in [-0.1, -0.05) is 17.7 Å². The zero-order valence-electron chi connectivity index (χ0n) is 13.9. The minimum absolute atomic E-state index is 0.134. The lowest BCUT2D eigenvalue weighted by molar-refractivity contribution is -0.117. The quantitative estimate of drug-likeness (QED) is 0.862. The number of carbonyl (C=O) groups is 2. The van der Waals surface area contributed by atoms with Crippen LogP contribution in [0.1, 0.15) is 20.8 Å². The Morgan fingerprint density at radius 3 is 2.57 bits per heavy atom. The molecule has 0 aliphatic heterocycles. The first-order valence-electron chi connectivity index (χ1n) is 7.23. The SMILES string of the molecule is COCCN(CC(=O)Nc1cccc(Cl)c1)C(=O)OC(C)(C)C. The van der Waals surface area contributed by atoms with E-state index in [1.54, 1.807) is 45.0 Å². The lowest BCUT2D eigenvalue weighted by atomic mass is 10.2. The van der Waals surface area contributed by atoms with Gasteiger partial charge in [0.25, 0.3) is 0 Å². The van der Waals surface area contributed by atoms with Crippen LogP contribution in [0.4, 0.5) is 10.5 Å². The first-order valence-corrected chi connectivity index (χ1v) is 7.61. The molecule has 0 unspecified atom stereocenters. The zero-order valence-corrected chi connectivity index (χ0v) is 14.6. The second kappa shape index (κ2) is 8.74. The van der Waals surface area contributed by atoms with Gasteiger partial charge in [-0.05, 0) is 39.0 Å². The Hall–Kier alpha value is -1.79. The van der Waals surface area contributed by atoms with Crippen molar-refractivity contribution in [3.63, 3.8) is 0 Å². The van der Waals surface area contributed by atoms with E-state index in [0.29, 0.717) is 17.3 Å². The smallest absolute Gasteiger partial charge is 0.410 e. The molecule has 1 aromatic carbocycles. The highest BCUT2D eigenvalue weighted by Gasteiger charge is 2.23. The topological polar surface area (TPSA) is 67.9 Å². The second-order valence-corrected chi connectivity index (χ2v) is 6.39. The van der Waals surface area contributed by atoms with Crippen LogP contribution in [0, 0.1) is 0 Å². The van der Waals surface area contributed by atoms with Gasteiger partial charge in [-0.2, -0.15) is 0 Å². The first-order chi connectivity index (χ1) is 10.7. The molecule has 6 nitrogen and oxygen atoms in total. The Kier molecular flexibility index (Phi) is 7.32. The normalized spacial score (nSPS) is 11.0. The fraction of sp³-hybridized carbons (Fsp3) is 0.500. The van der Waals surface area contributed by atoms with Gasteiger partial charge in [0.05, 0.1) is 6.61 Å². The summed E-state index contributed by atoms with van der Waals surface area (Å²) >= 11 is 5.87. The minimum atomic E-state index is -0.633. The Balaban J connectivity index is 2.68. The van der Waals surface area contributed by atoms with E-state index in [-0.39, 0.29) is 19.0 Å². The van der Waals surface area contributed by atoms with E-state index >= 15 is 0 Å². The summed E-state index contributed by atoms with van der Waals surface area (Å²) < 4.78 is 10.3. The van der Waals surface area contributed by atoms with Crippen molar-refractivity contribution in [1.82, 2.24) is 4.90 Å². The van der Waals surface area contributed by atoms with Crippen molar-refractivity contribution in [3.8, 4) is 0 Å². The maximum Gasteiger partial charge on any atom is 0.410 e. The monoisotopic (exact) mass is 342 g/mol. The summed E-state index contributed by atoms with van der Waals surface area (Å²) in [6, 6.07) is 6.79. The second-order valence-electron chi connectivity index (χ2n) is 5.95. The molecule has 0 aliphatic carbocycles. The van der Waals surface area contributed by atoms with E-state index in [9.17, 15) is 9.59 Å². The van der Waals surface area contributed by atoms with Gasteiger partial charge in [0.15, 0.2) is 0 Å². The molecule has 0 bridgehead atoms. The molecule has 0 heterocycles. The number of ether oxygens (including phenoxy) is 2. The van der Waals surface area contributed by atoms with Crippen molar-refractivity contribution in [1.29, 1.82) is 0 Å². The van der Waals surface area contributed by atoms with Gasteiger partial charge < -0.3 is 14.8 Å². The molecule has 23 heavy (non-hydrogen) atoms. The number of nitrogens with one attached hydrogen (secondary N) is 1. The third kappa shape index (κ3) is 7.85. The maximum absolute atomic E-state index is 12.2. The Labute approximate surface area is 141 Å². The van der Waals surface area contributed by atoms with Gasteiger partial charge >= 0.3 is 6.09 Å². The highest BCUT2D eigenvalue weighted by atomic mass is 35.5. The summed E-state index contributed by atoms with van der Waals surface area (Å²) in [5.41, 5.74) is -0.0652. The molecule has 7 heteroatoms. The molecule has 1 aromatic rings. The van der Waals surface area contributed by atoms with Crippen molar-refractivity contribution in [2.75, 3.05) is 32.1 Å². The van der Waals surface area contributed by atoms with Crippen molar-refractivity contribution in [3.05, 3.63) is 29.3 Å². The molecular formula is C16H23ClN2O4. The molecule has 0 fully saturated rings. The van der Waals surface area contributed by atoms with Crippen LogP contribution in [0.25, 0.3) is 0 Å². The van der Waals surface area contributed by atoms with Crippen molar-refractivity contribution >= 4 is 29.3 Å². The maximum atomic E-state index is 12.2.